The smallest absolute Gasteiger partial charge is 0.421 e. The van der Waals surface area contributed by atoms with Gasteiger partial charge in [-0.25, -0.2) is 8.42 Å². The fraction of sp³-hybridized carbons (Fsp3) is 0.219. The number of rotatable bonds is 7. The normalized spacial score (nSPS) is 15.8. The molecule has 5 aromatic rings. The Morgan fingerprint density at radius 1 is 0.932 bits per heavy atom. The van der Waals surface area contributed by atoms with Gasteiger partial charge in [-0.2, -0.15) is 17.9 Å². The van der Waals surface area contributed by atoms with Crippen molar-refractivity contribution in [3.8, 4) is 22.8 Å². The second-order valence-corrected chi connectivity index (χ2v) is 13.3. The molecule has 1 aliphatic heterocycles. The highest BCUT2D eigenvalue weighted by Crippen LogP contribution is 2.42. The van der Waals surface area contributed by atoms with E-state index in [0.717, 1.165) is 11.5 Å². The summed E-state index contributed by atoms with van der Waals surface area (Å²) in [5.41, 5.74) is -1.91. The van der Waals surface area contributed by atoms with Crippen LogP contribution in [-0.2, 0) is 15.6 Å². The average Bonchev–Trinajstić information content (AvgIpc) is 3.30. The zero-order valence-electron chi connectivity index (χ0n) is 23.3. The minimum atomic E-state index is -4.88. The van der Waals surface area contributed by atoms with Gasteiger partial charge in [0.05, 0.1) is 29.8 Å². The van der Waals surface area contributed by atoms with Crippen molar-refractivity contribution in [2.24, 2.45) is 0 Å². The lowest BCUT2D eigenvalue weighted by molar-refractivity contribution is -0.258. The largest absolute Gasteiger partial charge is 0.490 e. The molecule has 0 bridgehead atoms. The van der Waals surface area contributed by atoms with Crippen LogP contribution in [0.4, 0.5) is 13.2 Å². The Morgan fingerprint density at radius 2 is 1.68 bits per heavy atom. The van der Waals surface area contributed by atoms with Gasteiger partial charge in [0.15, 0.2) is 17.1 Å². The number of pyridine rings is 1. The van der Waals surface area contributed by atoms with Crippen molar-refractivity contribution in [3.63, 3.8) is 0 Å². The van der Waals surface area contributed by atoms with Gasteiger partial charge in [0.2, 0.25) is 10.0 Å². The number of aromatic nitrogens is 1. The van der Waals surface area contributed by atoms with Crippen LogP contribution in [0.1, 0.15) is 35.4 Å². The van der Waals surface area contributed by atoms with Crippen LogP contribution in [0.5, 0.6) is 11.5 Å². The highest BCUT2D eigenvalue weighted by molar-refractivity contribution is 7.89. The van der Waals surface area contributed by atoms with Gasteiger partial charge in [0.25, 0.3) is 0 Å². The molecule has 2 atom stereocenters. The highest BCUT2D eigenvalue weighted by Gasteiger charge is 2.51. The molecule has 0 saturated carbocycles. The standard InChI is InChI=1S/C32H27F3N2O5S2/c1-31(38,32(33,34)35)22-13-14-36-25(18-22)24-10-5-9-21-17-28(43-30(21)24)29(20-7-3-2-4-8-20)37-44(39,40)23-11-12-26-27(19-23)42-16-6-15-41-26/h2-5,7-14,17-19,29,37-38H,6,15-16H2,1H3/t29?,31-/m0/s1. The van der Waals surface area contributed by atoms with E-state index in [0.29, 0.717) is 58.8 Å². The van der Waals surface area contributed by atoms with Crippen molar-refractivity contribution >= 4 is 31.4 Å². The number of hydrogen-bond donors (Lipinski definition) is 2. The number of benzene rings is 3. The molecular formula is C32H27F3N2O5S2. The van der Waals surface area contributed by atoms with E-state index in [1.54, 1.807) is 18.2 Å². The van der Waals surface area contributed by atoms with E-state index in [4.69, 9.17) is 9.47 Å². The molecule has 0 amide bonds. The zero-order chi connectivity index (χ0) is 31.1. The lowest BCUT2D eigenvalue weighted by Gasteiger charge is -2.26. The van der Waals surface area contributed by atoms with Gasteiger partial charge in [-0.1, -0.05) is 48.5 Å². The minimum Gasteiger partial charge on any atom is -0.490 e. The zero-order valence-corrected chi connectivity index (χ0v) is 25.0. The number of hydrogen-bond acceptors (Lipinski definition) is 7. The summed E-state index contributed by atoms with van der Waals surface area (Å²) in [5.74, 6) is 0.833. The molecule has 6 rings (SSSR count). The predicted octanol–water partition coefficient (Wildman–Crippen LogP) is 6.96. The third-order valence-electron chi connectivity index (χ3n) is 7.43. The maximum absolute atomic E-state index is 13.7. The molecule has 0 radical (unpaired) electrons. The van der Waals surface area contributed by atoms with Crippen LogP contribution in [0.2, 0.25) is 0 Å². The van der Waals surface area contributed by atoms with Gasteiger partial charge >= 0.3 is 6.18 Å². The number of sulfonamides is 1. The molecule has 1 unspecified atom stereocenters. The lowest BCUT2D eigenvalue weighted by atomic mass is 9.94. The molecule has 228 valence electrons. The maximum Gasteiger partial charge on any atom is 0.421 e. The van der Waals surface area contributed by atoms with E-state index in [-0.39, 0.29) is 16.2 Å². The van der Waals surface area contributed by atoms with E-state index in [9.17, 15) is 26.7 Å². The van der Waals surface area contributed by atoms with E-state index < -0.39 is 27.8 Å². The van der Waals surface area contributed by atoms with Crippen molar-refractivity contribution in [3.05, 3.63) is 107 Å². The van der Waals surface area contributed by atoms with Crippen LogP contribution in [0.25, 0.3) is 21.3 Å². The molecule has 2 N–H and O–H groups in total. The third kappa shape index (κ3) is 5.77. The van der Waals surface area contributed by atoms with Gasteiger partial charge in [0.1, 0.15) is 0 Å². The number of fused-ring (bicyclic) bond motifs is 2. The third-order valence-corrected chi connectivity index (χ3v) is 10.1. The van der Waals surface area contributed by atoms with Gasteiger partial charge < -0.3 is 14.6 Å². The van der Waals surface area contributed by atoms with E-state index >= 15 is 0 Å². The predicted molar refractivity (Wildman–Crippen MR) is 161 cm³/mol. The summed E-state index contributed by atoms with van der Waals surface area (Å²) in [4.78, 5) is 4.98. The molecule has 7 nitrogen and oxygen atoms in total. The number of halogens is 3. The minimum absolute atomic E-state index is 0.0159. The van der Waals surface area contributed by atoms with Crippen molar-refractivity contribution < 1.29 is 36.2 Å². The molecular weight excluding hydrogens is 613 g/mol. The molecule has 12 heteroatoms. The molecule has 0 spiro atoms. The summed E-state index contributed by atoms with van der Waals surface area (Å²) in [5, 5.41) is 11.0. The first-order chi connectivity index (χ1) is 20.9. The van der Waals surface area contributed by atoms with Gasteiger partial charge in [-0.3, -0.25) is 4.98 Å². The fourth-order valence-corrected chi connectivity index (χ4v) is 7.50. The van der Waals surface area contributed by atoms with Crippen LogP contribution in [-0.4, -0.2) is 37.9 Å². The van der Waals surface area contributed by atoms with E-state index in [1.807, 2.05) is 42.5 Å². The van der Waals surface area contributed by atoms with Gasteiger partial charge in [0, 0.05) is 33.8 Å². The summed E-state index contributed by atoms with van der Waals surface area (Å²) in [6, 6.07) is 22.3. The highest BCUT2D eigenvalue weighted by atomic mass is 32.2. The fourth-order valence-electron chi connectivity index (χ4n) is 4.94. The summed E-state index contributed by atoms with van der Waals surface area (Å²) >= 11 is 1.31. The first-order valence-electron chi connectivity index (χ1n) is 13.7. The Kier molecular flexibility index (Phi) is 7.87. The average molecular weight is 641 g/mol. The van der Waals surface area contributed by atoms with Crippen molar-refractivity contribution in [1.29, 1.82) is 0 Å². The second-order valence-electron chi connectivity index (χ2n) is 10.5. The number of thiophene rings is 1. The summed E-state index contributed by atoms with van der Waals surface area (Å²) in [7, 11) is -4.06. The van der Waals surface area contributed by atoms with Crippen molar-refractivity contribution in [2.75, 3.05) is 13.2 Å². The van der Waals surface area contributed by atoms with E-state index in [1.165, 1.54) is 35.7 Å². The molecule has 44 heavy (non-hydrogen) atoms. The second kappa shape index (κ2) is 11.5. The lowest BCUT2D eigenvalue weighted by Crippen LogP contribution is -2.39. The topological polar surface area (TPSA) is 97.8 Å². The number of aliphatic hydroxyl groups is 1. The Bertz CT molecular complexity index is 1930. The van der Waals surface area contributed by atoms with Gasteiger partial charge in [-0.15, -0.1) is 11.3 Å². The Labute approximate surface area is 256 Å². The number of alkyl halides is 3. The SMILES string of the molecule is C[C@](O)(c1ccnc(-c2cccc3cc(C(NS(=O)(=O)c4ccc5c(c4)OCCCO5)c4ccccc4)sc23)c1)C(F)(F)F. The summed E-state index contributed by atoms with van der Waals surface area (Å²) in [6.07, 6.45) is -2.97. The van der Waals surface area contributed by atoms with Gasteiger partial charge in [-0.05, 0) is 53.8 Å². The maximum atomic E-state index is 13.7. The van der Waals surface area contributed by atoms with Crippen molar-refractivity contribution in [1.82, 2.24) is 9.71 Å². The van der Waals surface area contributed by atoms with Crippen LogP contribution in [0.15, 0.2) is 96.0 Å². The number of nitrogens with one attached hydrogen (secondary N) is 1. The van der Waals surface area contributed by atoms with Crippen LogP contribution < -0.4 is 14.2 Å². The summed E-state index contributed by atoms with van der Waals surface area (Å²) in [6.45, 7) is 1.59. The van der Waals surface area contributed by atoms with Crippen LogP contribution >= 0.6 is 11.3 Å². The number of ether oxygens (including phenoxy) is 2. The molecule has 0 aliphatic carbocycles. The molecule has 0 saturated heterocycles. The monoisotopic (exact) mass is 640 g/mol. The molecule has 3 aromatic carbocycles. The Morgan fingerprint density at radius 3 is 2.43 bits per heavy atom. The molecule has 1 aliphatic rings. The first kappa shape index (κ1) is 30.1. The van der Waals surface area contributed by atoms with Crippen LogP contribution in [0, 0.1) is 0 Å². The number of nitrogens with zero attached hydrogens (tertiary/aromatic N) is 1. The molecule has 0 fully saturated rings. The Hall–Kier alpha value is -3.97. The molecule has 3 heterocycles. The Balaban J connectivity index is 1.41. The summed E-state index contributed by atoms with van der Waals surface area (Å²) < 4.78 is 83.1. The van der Waals surface area contributed by atoms with E-state index in [2.05, 4.69) is 9.71 Å². The molecule has 2 aromatic heterocycles. The first-order valence-corrected chi connectivity index (χ1v) is 16.0. The van der Waals surface area contributed by atoms with Crippen molar-refractivity contribution in [2.45, 2.75) is 36.1 Å². The quantitative estimate of drug-likeness (QED) is 0.200. The van der Waals surface area contributed by atoms with Crippen LogP contribution in [0.3, 0.4) is 0 Å².